The third-order valence-electron chi connectivity index (χ3n) is 2.76. The van der Waals surface area contributed by atoms with Crippen LogP contribution in [0.1, 0.15) is 30.7 Å². The fraction of sp³-hybridized carbons (Fsp3) is 0.462. The van der Waals surface area contributed by atoms with Gasteiger partial charge in [-0.25, -0.2) is 0 Å². The van der Waals surface area contributed by atoms with Gasteiger partial charge in [-0.2, -0.15) is 4.80 Å². The number of hydrogen-bond donors (Lipinski definition) is 1. The summed E-state index contributed by atoms with van der Waals surface area (Å²) in [6, 6.07) is 8.10. The fourth-order valence-electron chi connectivity index (χ4n) is 1.81. The Morgan fingerprint density at radius 1 is 1.21 bits per heavy atom. The molecule has 0 saturated carbocycles. The van der Waals surface area contributed by atoms with Crippen molar-refractivity contribution in [1.29, 1.82) is 0 Å². The van der Waals surface area contributed by atoms with Gasteiger partial charge in [0.2, 0.25) is 0 Å². The summed E-state index contributed by atoms with van der Waals surface area (Å²) < 4.78 is 1.06. The minimum atomic E-state index is 0.249. The molecule has 0 radical (unpaired) electrons. The normalized spacial score (nSPS) is 10.8. The molecule has 1 heterocycles. The highest BCUT2D eigenvalue weighted by Crippen LogP contribution is 2.13. The van der Waals surface area contributed by atoms with Gasteiger partial charge in [-0.1, -0.05) is 28.1 Å². The molecule has 2 aromatic rings. The van der Waals surface area contributed by atoms with Crippen molar-refractivity contribution in [3.63, 3.8) is 0 Å². The van der Waals surface area contributed by atoms with Gasteiger partial charge >= 0.3 is 0 Å². The van der Waals surface area contributed by atoms with E-state index < -0.39 is 0 Å². The first-order valence-corrected chi connectivity index (χ1v) is 7.19. The Morgan fingerprint density at radius 2 is 2.11 bits per heavy atom. The van der Waals surface area contributed by atoms with Gasteiger partial charge in [-0.05, 0) is 42.2 Å². The second-order valence-electron chi connectivity index (χ2n) is 4.39. The molecule has 1 N–H and O–H groups in total. The highest BCUT2D eigenvalue weighted by atomic mass is 79.9. The molecule has 6 heteroatoms. The third kappa shape index (κ3) is 4.72. The van der Waals surface area contributed by atoms with E-state index in [9.17, 15) is 0 Å². The summed E-state index contributed by atoms with van der Waals surface area (Å²) in [6.07, 6.45) is 3.47. The summed E-state index contributed by atoms with van der Waals surface area (Å²) >= 11 is 3.45. The molecule has 19 heavy (non-hydrogen) atoms. The van der Waals surface area contributed by atoms with Crippen molar-refractivity contribution < 1.29 is 5.11 Å². The smallest absolute Gasteiger partial charge is 0.179 e. The molecule has 0 fully saturated rings. The van der Waals surface area contributed by atoms with E-state index in [1.807, 2.05) is 18.2 Å². The van der Waals surface area contributed by atoms with Crippen LogP contribution < -0.4 is 0 Å². The second kappa shape index (κ2) is 7.35. The quantitative estimate of drug-likeness (QED) is 0.793. The second-order valence-corrected chi connectivity index (χ2v) is 5.31. The number of halogens is 1. The van der Waals surface area contributed by atoms with E-state index in [-0.39, 0.29) is 6.61 Å². The molecule has 0 saturated heterocycles. The predicted octanol–water partition coefficient (Wildman–Crippen LogP) is 2.19. The highest BCUT2D eigenvalue weighted by molar-refractivity contribution is 9.10. The molecule has 0 unspecified atom stereocenters. The van der Waals surface area contributed by atoms with Gasteiger partial charge in [0.15, 0.2) is 5.82 Å². The van der Waals surface area contributed by atoms with Crippen LogP contribution in [0.3, 0.4) is 0 Å². The van der Waals surface area contributed by atoms with E-state index in [2.05, 4.69) is 37.4 Å². The van der Waals surface area contributed by atoms with E-state index >= 15 is 0 Å². The van der Waals surface area contributed by atoms with Crippen molar-refractivity contribution in [2.24, 2.45) is 0 Å². The van der Waals surface area contributed by atoms with Crippen LogP contribution in [0.5, 0.6) is 0 Å². The molecule has 5 nitrogen and oxygen atoms in total. The largest absolute Gasteiger partial charge is 0.396 e. The minimum Gasteiger partial charge on any atom is -0.396 e. The summed E-state index contributed by atoms with van der Waals surface area (Å²) in [4.78, 5) is 1.63. The monoisotopic (exact) mass is 324 g/mol. The number of nitrogens with zero attached hydrogens (tertiary/aromatic N) is 4. The standard InChI is InChI=1S/C13H17BrN4O/c14-12-6-4-5-11(9-12)10-13-15-17-18(16-13)7-2-1-3-8-19/h4-6,9,19H,1-3,7-8,10H2. The van der Waals surface area contributed by atoms with Crippen LogP contribution in [0.25, 0.3) is 0 Å². The number of aliphatic hydroxyl groups is 1. The number of aromatic nitrogens is 4. The summed E-state index contributed by atoms with van der Waals surface area (Å²) in [6.45, 7) is 1.00. The Morgan fingerprint density at radius 3 is 2.89 bits per heavy atom. The van der Waals surface area contributed by atoms with Gasteiger partial charge < -0.3 is 5.11 Å². The average molecular weight is 325 g/mol. The average Bonchev–Trinajstić information content (AvgIpc) is 2.82. The fourth-order valence-corrected chi connectivity index (χ4v) is 2.26. The van der Waals surface area contributed by atoms with Crippen LogP contribution in [-0.4, -0.2) is 31.9 Å². The van der Waals surface area contributed by atoms with Crippen LogP contribution in [0.15, 0.2) is 28.7 Å². The molecule has 0 aliphatic rings. The molecule has 0 atom stereocenters. The van der Waals surface area contributed by atoms with E-state index in [0.29, 0.717) is 6.42 Å². The Bertz CT molecular complexity index is 515. The molecular formula is C13H17BrN4O. The van der Waals surface area contributed by atoms with Gasteiger partial charge in [0.05, 0.1) is 6.54 Å². The first-order valence-electron chi connectivity index (χ1n) is 6.40. The minimum absolute atomic E-state index is 0.249. The summed E-state index contributed by atoms with van der Waals surface area (Å²) in [5.74, 6) is 0.736. The van der Waals surface area contributed by atoms with Gasteiger partial charge in [0, 0.05) is 17.5 Å². The molecule has 0 aliphatic carbocycles. The lowest BCUT2D eigenvalue weighted by molar-refractivity contribution is 0.280. The zero-order valence-corrected chi connectivity index (χ0v) is 12.3. The van der Waals surface area contributed by atoms with Crippen molar-refractivity contribution in [3.05, 3.63) is 40.1 Å². The van der Waals surface area contributed by atoms with Crippen molar-refractivity contribution in [1.82, 2.24) is 20.2 Å². The molecule has 0 bridgehead atoms. The Kier molecular flexibility index (Phi) is 5.47. The zero-order chi connectivity index (χ0) is 13.5. The molecule has 2 rings (SSSR count). The first kappa shape index (κ1) is 14.1. The Hall–Kier alpha value is -1.27. The molecule has 1 aromatic heterocycles. The van der Waals surface area contributed by atoms with E-state index in [1.165, 1.54) is 0 Å². The highest BCUT2D eigenvalue weighted by Gasteiger charge is 2.04. The Balaban J connectivity index is 1.87. The number of tetrazole rings is 1. The molecule has 1 aromatic carbocycles. The van der Waals surface area contributed by atoms with Crippen molar-refractivity contribution in [2.75, 3.05) is 6.61 Å². The van der Waals surface area contributed by atoms with Gasteiger partial charge in [0.1, 0.15) is 0 Å². The Labute approximate surface area is 120 Å². The van der Waals surface area contributed by atoms with Crippen molar-refractivity contribution in [3.8, 4) is 0 Å². The van der Waals surface area contributed by atoms with Crippen LogP contribution >= 0.6 is 15.9 Å². The summed E-state index contributed by atoms with van der Waals surface area (Å²) in [7, 11) is 0. The van der Waals surface area contributed by atoms with Crippen molar-refractivity contribution >= 4 is 15.9 Å². The van der Waals surface area contributed by atoms with E-state index in [4.69, 9.17) is 5.11 Å². The van der Waals surface area contributed by atoms with Gasteiger partial charge in [0.25, 0.3) is 0 Å². The summed E-state index contributed by atoms with van der Waals surface area (Å²) in [5.41, 5.74) is 1.16. The van der Waals surface area contributed by atoms with E-state index in [0.717, 1.165) is 41.7 Å². The van der Waals surface area contributed by atoms with E-state index in [1.54, 1.807) is 4.80 Å². The number of hydrogen-bond acceptors (Lipinski definition) is 4. The number of benzene rings is 1. The molecule has 0 aliphatic heterocycles. The lowest BCUT2D eigenvalue weighted by Crippen LogP contribution is -2.03. The maximum Gasteiger partial charge on any atom is 0.179 e. The van der Waals surface area contributed by atoms with Crippen LogP contribution in [0.4, 0.5) is 0 Å². The number of aliphatic hydroxyl groups excluding tert-OH is 1. The van der Waals surface area contributed by atoms with Crippen LogP contribution in [0.2, 0.25) is 0 Å². The SMILES string of the molecule is OCCCCCn1nnc(Cc2cccc(Br)c2)n1. The van der Waals surface area contributed by atoms with Gasteiger partial charge in [-0.3, -0.25) is 0 Å². The third-order valence-corrected chi connectivity index (χ3v) is 3.26. The van der Waals surface area contributed by atoms with Crippen LogP contribution in [-0.2, 0) is 13.0 Å². The maximum absolute atomic E-state index is 8.70. The molecular weight excluding hydrogens is 308 g/mol. The number of rotatable bonds is 7. The molecule has 102 valence electrons. The lowest BCUT2D eigenvalue weighted by Gasteiger charge is -1.98. The number of unbranched alkanes of at least 4 members (excludes halogenated alkanes) is 2. The topological polar surface area (TPSA) is 63.8 Å². The lowest BCUT2D eigenvalue weighted by atomic mass is 10.1. The van der Waals surface area contributed by atoms with Crippen molar-refractivity contribution in [2.45, 2.75) is 32.2 Å². The molecule has 0 amide bonds. The maximum atomic E-state index is 8.70. The predicted molar refractivity (Wildman–Crippen MR) is 75.7 cm³/mol. The zero-order valence-electron chi connectivity index (χ0n) is 10.7. The molecule has 0 spiro atoms. The first-order chi connectivity index (χ1) is 9.28. The van der Waals surface area contributed by atoms with Crippen LogP contribution in [0, 0.1) is 0 Å². The van der Waals surface area contributed by atoms with Gasteiger partial charge in [-0.15, -0.1) is 10.2 Å². The summed E-state index contributed by atoms with van der Waals surface area (Å²) in [5, 5.41) is 21.1. The number of aryl methyl sites for hydroxylation is 1.